The average molecular weight is 575 g/mol. The lowest BCUT2D eigenvalue weighted by Gasteiger charge is -2.11. The number of benzene rings is 1. The Morgan fingerprint density at radius 1 is 0.769 bits per heavy atom. The predicted molar refractivity (Wildman–Crippen MR) is 146 cm³/mol. The second-order valence-electron chi connectivity index (χ2n) is 7.36. The van der Waals surface area contributed by atoms with E-state index in [4.69, 9.17) is 33.6 Å². The highest BCUT2D eigenvalue weighted by Gasteiger charge is 2.15. The number of nitrogen functional groups attached to an aromatic ring is 2. The summed E-state index contributed by atoms with van der Waals surface area (Å²) in [6.07, 6.45) is 0. The second-order valence-corrected chi connectivity index (χ2v) is 9.70. The summed E-state index contributed by atoms with van der Waals surface area (Å²) in [7, 11) is 0. The third kappa shape index (κ3) is 7.29. The summed E-state index contributed by atoms with van der Waals surface area (Å²) in [5, 5.41) is 42.4. The zero-order valence-corrected chi connectivity index (χ0v) is 22.0. The normalized spacial score (nSPS) is 9.87. The SMILES string of the molecule is N#Cc1cc(C#N)c(SCC(=O)Nc2ccc(NC(=O)CSc3nc(N)c(C#N)cc3C#N)c(Cl)c2)nc1N. The van der Waals surface area contributed by atoms with E-state index in [9.17, 15) is 20.1 Å². The molecule has 0 bridgehead atoms. The number of hydrogen-bond acceptors (Lipinski definition) is 12. The van der Waals surface area contributed by atoms with Crippen molar-refractivity contribution >= 4 is 69.9 Å². The number of anilines is 4. The number of hydrogen-bond donors (Lipinski definition) is 4. The van der Waals surface area contributed by atoms with Gasteiger partial charge in [-0.25, -0.2) is 9.97 Å². The minimum atomic E-state index is -0.439. The highest BCUT2D eigenvalue weighted by molar-refractivity contribution is 8.00. The Hall–Kier alpha value is -4.99. The van der Waals surface area contributed by atoms with Crippen molar-refractivity contribution in [1.82, 2.24) is 9.97 Å². The number of nitriles is 4. The molecule has 39 heavy (non-hydrogen) atoms. The molecule has 3 aromatic rings. The van der Waals surface area contributed by atoms with E-state index in [1.807, 2.05) is 24.3 Å². The monoisotopic (exact) mass is 574 g/mol. The van der Waals surface area contributed by atoms with Gasteiger partial charge in [-0.05, 0) is 30.3 Å². The number of thioether (sulfide) groups is 2. The fourth-order valence-corrected chi connectivity index (χ4v) is 4.68. The van der Waals surface area contributed by atoms with Crippen molar-refractivity contribution in [1.29, 1.82) is 21.0 Å². The van der Waals surface area contributed by atoms with E-state index in [-0.39, 0.29) is 60.5 Å². The van der Waals surface area contributed by atoms with Crippen LogP contribution in [0.5, 0.6) is 0 Å². The molecule has 1 aromatic carbocycles. The zero-order chi connectivity index (χ0) is 28.5. The Morgan fingerprint density at radius 3 is 1.67 bits per heavy atom. The third-order valence-electron chi connectivity index (χ3n) is 4.72. The van der Waals surface area contributed by atoms with Gasteiger partial charge in [-0.15, -0.1) is 0 Å². The number of carbonyl (C=O) groups is 2. The van der Waals surface area contributed by atoms with Crippen molar-refractivity contribution in [2.75, 3.05) is 33.6 Å². The number of carbonyl (C=O) groups excluding carboxylic acids is 2. The second kappa shape index (κ2) is 13.0. The summed E-state index contributed by atoms with van der Waals surface area (Å²) in [4.78, 5) is 32.9. The summed E-state index contributed by atoms with van der Waals surface area (Å²) in [6.45, 7) is 0. The number of nitrogens with one attached hydrogen (secondary N) is 2. The van der Waals surface area contributed by atoms with Crippen LogP contribution in [0, 0.1) is 45.3 Å². The number of rotatable bonds is 8. The molecule has 12 nitrogen and oxygen atoms in total. The molecule has 0 aliphatic heterocycles. The first-order valence-electron chi connectivity index (χ1n) is 10.5. The molecule has 192 valence electrons. The van der Waals surface area contributed by atoms with E-state index in [2.05, 4.69) is 20.6 Å². The minimum Gasteiger partial charge on any atom is -0.383 e. The predicted octanol–water partition coefficient (Wildman–Crippen LogP) is 3.24. The first-order chi connectivity index (χ1) is 18.7. The van der Waals surface area contributed by atoms with Crippen LogP contribution in [-0.4, -0.2) is 33.3 Å². The Kier molecular flexibility index (Phi) is 9.53. The van der Waals surface area contributed by atoms with E-state index in [1.54, 1.807) is 0 Å². The Bertz CT molecular complexity index is 1650. The molecule has 0 saturated heterocycles. The maximum atomic E-state index is 12.4. The van der Waals surface area contributed by atoms with Crippen LogP contribution in [0.1, 0.15) is 22.3 Å². The zero-order valence-electron chi connectivity index (χ0n) is 19.6. The molecule has 2 heterocycles. The molecule has 2 aromatic heterocycles. The van der Waals surface area contributed by atoms with Crippen LogP contribution in [0.4, 0.5) is 23.0 Å². The fourth-order valence-electron chi connectivity index (χ4n) is 2.92. The van der Waals surface area contributed by atoms with Crippen LogP contribution in [0.15, 0.2) is 40.4 Å². The maximum Gasteiger partial charge on any atom is 0.234 e. The van der Waals surface area contributed by atoms with Gasteiger partial charge in [0.2, 0.25) is 11.8 Å². The number of pyridine rings is 2. The summed E-state index contributed by atoms with van der Waals surface area (Å²) in [5.41, 5.74) is 12.4. The van der Waals surface area contributed by atoms with E-state index in [0.717, 1.165) is 23.5 Å². The molecule has 0 unspecified atom stereocenters. The quantitative estimate of drug-likeness (QED) is 0.284. The molecule has 3 rings (SSSR count). The standard InChI is InChI=1S/C24H15ClN10O2S2/c25-17-5-16(32-19(36)10-38-23-14(8-28)3-12(6-26)21(30)34-23)1-2-18(17)33-20(37)11-39-24-15(9-29)4-13(7-27)22(31)35-24/h1-5H,10-11H2,(H2,30,34)(H2,31,35)(H,32,36)(H,33,37). The fraction of sp³-hybridized carbons (Fsp3) is 0.0833. The first kappa shape index (κ1) is 28.6. The van der Waals surface area contributed by atoms with Gasteiger partial charge < -0.3 is 22.1 Å². The van der Waals surface area contributed by atoms with Gasteiger partial charge in [0.1, 0.15) is 46.0 Å². The Labute approximate surface area is 235 Å². The van der Waals surface area contributed by atoms with Crippen molar-refractivity contribution < 1.29 is 9.59 Å². The molecule has 15 heteroatoms. The largest absolute Gasteiger partial charge is 0.383 e. The molecule has 0 aliphatic carbocycles. The Morgan fingerprint density at radius 2 is 1.23 bits per heavy atom. The van der Waals surface area contributed by atoms with Gasteiger partial charge in [0, 0.05) is 5.69 Å². The van der Waals surface area contributed by atoms with Crippen molar-refractivity contribution in [3.8, 4) is 24.3 Å². The van der Waals surface area contributed by atoms with Gasteiger partial charge in [-0.2, -0.15) is 21.0 Å². The van der Waals surface area contributed by atoms with Gasteiger partial charge in [0.05, 0.1) is 44.5 Å². The molecule has 0 fully saturated rings. The van der Waals surface area contributed by atoms with Gasteiger partial charge in [-0.1, -0.05) is 35.1 Å². The van der Waals surface area contributed by atoms with E-state index >= 15 is 0 Å². The minimum absolute atomic E-state index is 0.0370. The molecule has 0 spiro atoms. The molecule has 0 radical (unpaired) electrons. The van der Waals surface area contributed by atoms with Crippen LogP contribution < -0.4 is 22.1 Å². The van der Waals surface area contributed by atoms with Crippen LogP contribution in [0.3, 0.4) is 0 Å². The number of halogens is 1. The molecule has 6 N–H and O–H groups in total. The van der Waals surface area contributed by atoms with Crippen molar-refractivity contribution in [2.45, 2.75) is 10.1 Å². The molecule has 2 amide bonds. The summed E-state index contributed by atoms with van der Waals surface area (Å²) in [6, 6.07) is 14.6. The van der Waals surface area contributed by atoms with Crippen LogP contribution in [-0.2, 0) is 9.59 Å². The maximum absolute atomic E-state index is 12.4. The highest BCUT2D eigenvalue weighted by atomic mass is 35.5. The van der Waals surface area contributed by atoms with Crippen LogP contribution >= 0.6 is 35.1 Å². The number of aromatic nitrogens is 2. The first-order valence-corrected chi connectivity index (χ1v) is 12.9. The van der Waals surface area contributed by atoms with E-state index in [1.165, 1.54) is 30.3 Å². The molecular weight excluding hydrogens is 560 g/mol. The third-order valence-corrected chi connectivity index (χ3v) is 7.02. The van der Waals surface area contributed by atoms with Crippen LogP contribution in [0.25, 0.3) is 0 Å². The summed E-state index contributed by atoms with van der Waals surface area (Å²) >= 11 is 8.22. The topological polar surface area (TPSA) is 231 Å². The smallest absolute Gasteiger partial charge is 0.234 e. The van der Waals surface area contributed by atoms with Gasteiger partial charge in [-0.3, -0.25) is 9.59 Å². The molecule has 0 saturated carbocycles. The average Bonchev–Trinajstić information content (AvgIpc) is 2.92. The van der Waals surface area contributed by atoms with Gasteiger partial charge >= 0.3 is 0 Å². The van der Waals surface area contributed by atoms with Gasteiger partial charge in [0.15, 0.2) is 0 Å². The number of nitrogens with zero attached hydrogens (tertiary/aromatic N) is 6. The number of amides is 2. The van der Waals surface area contributed by atoms with Crippen molar-refractivity contribution in [3.05, 3.63) is 57.6 Å². The summed E-state index contributed by atoms with van der Waals surface area (Å²) < 4.78 is 0. The number of nitrogens with two attached hydrogens (primary N) is 2. The lowest BCUT2D eigenvalue weighted by molar-refractivity contribution is -0.114. The molecule has 0 aliphatic rings. The summed E-state index contributed by atoms with van der Waals surface area (Å²) in [5.74, 6) is -1.14. The van der Waals surface area contributed by atoms with E-state index in [0.29, 0.717) is 11.4 Å². The van der Waals surface area contributed by atoms with Gasteiger partial charge in [0.25, 0.3) is 0 Å². The van der Waals surface area contributed by atoms with Crippen LogP contribution in [0.2, 0.25) is 5.02 Å². The van der Waals surface area contributed by atoms with Crippen molar-refractivity contribution in [2.24, 2.45) is 0 Å². The van der Waals surface area contributed by atoms with E-state index < -0.39 is 11.8 Å². The van der Waals surface area contributed by atoms with Crippen molar-refractivity contribution in [3.63, 3.8) is 0 Å². The highest BCUT2D eigenvalue weighted by Crippen LogP contribution is 2.28. The Balaban J connectivity index is 1.58. The lowest BCUT2D eigenvalue weighted by Crippen LogP contribution is -2.16. The molecular formula is C24H15ClN10O2S2. The molecule has 0 atom stereocenters. The lowest BCUT2D eigenvalue weighted by atomic mass is 10.2.